The van der Waals surface area contributed by atoms with Gasteiger partial charge in [-0.2, -0.15) is 5.26 Å². The molecule has 0 aromatic carbocycles. The molecule has 1 aromatic heterocycles. The SMILES string of the molecule is C[C@@H]1CCC[C@H](Nc2c(C#N)c(=O)n(C)c(=O)n2C)C1. The molecule has 0 aliphatic heterocycles. The number of hydrogen-bond donors (Lipinski definition) is 1. The smallest absolute Gasteiger partial charge is 0.332 e. The summed E-state index contributed by atoms with van der Waals surface area (Å²) in [5.41, 5.74) is -0.949. The summed E-state index contributed by atoms with van der Waals surface area (Å²) < 4.78 is 2.31. The van der Waals surface area contributed by atoms with Crippen molar-refractivity contribution in [2.75, 3.05) is 5.32 Å². The van der Waals surface area contributed by atoms with Gasteiger partial charge in [0.1, 0.15) is 11.9 Å². The van der Waals surface area contributed by atoms with E-state index in [4.69, 9.17) is 0 Å². The van der Waals surface area contributed by atoms with Gasteiger partial charge in [-0.1, -0.05) is 19.8 Å². The monoisotopic (exact) mass is 276 g/mol. The second kappa shape index (κ2) is 5.53. The molecule has 20 heavy (non-hydrogen) atoms. The Morgan fingerprint density at radius 2 is 1.95 bits per heavy atom. The molecular weight excluding hydrogens is 256 g/mol. The summed E-state index contributed by atoms with van der Waals surface area (Å²) in [6.07, 6.45) is 4.32. The number of nitrogens with one attached hydrogen (secondary N) is 1. The van der Waals surface area contributed by atoms with Gasteiger partial charge in [-0.25, -0.2) is 4.79 Å². The predicted molar refractivity (Wildman–Crippen MR) is 76.7 cm³/mol. The topological polar surface area (TPSA) is 79.8 Å². The van der Waals surface area contributed by atoms with Crippen LogP contribution in [0.3, 0.4) is 0 Å². The van der Waals surface area contributed by atoms with E-state index in [0.29, 0.717) is 11.7 Å². The fraction of sp³-hybridized carbons (Fsp3) is 0.643. The second-order valence-corrected chi connectivity index (χ2v) is 5.65. The van der Waals surface area contributed by atoms with Crippen molar-refractivity contribution in [3.63, 3.8) is 0 Å². The van der Waals surface area contributed by atoms with E-state index < -0.39 is 11.2 Å². The van der Waals surface area contributed by atoms with E-state index in [0.717, 1.165) is 23.8 Å². The molecule has 0 unspecified atom stereocenters. The highest BCUT2D eigenvalue weighted by atomic mass is 16.2. The van der Waals surface area contributed by atoms with Gasteiger partial charge in [-0.15, -0.1) is 0 Å². The van der Waals surface area contributed by atoms with Crippen LogP contribution in [0, 0.1) is 17.2 Å². The first kappa shape index (κ1) is 14.4. The first-order chi connectivity index (χ1) is 9.45. The summed E-state index contributed by atoms with van der Waals surface area (Å²) in [4.78, 5) is 23.9. The molecule has 0 spiro atoms. The van der Waals surface area contributed by atoms with Crippen molar-refractivity contribution in [1.29, 1.82) is 5.26 Å². The Kier molecular flexibility index (Phi) is 3.98. The summed E-state index contributed by atoms with van der Waals surface area (Å²) in [5, 5.41) is 12.4. The van der Waals surface area contributed by atoms with E-state index in [1.807, 2.05) is 6.07 Å². The quantitative estimate of drug-likeness (QED) is 0.872. The highest BCUT2D eigenvalue weighted by Crippen LogP contribution is 2.26. The van der Waals surface area contributed by atoms with Gasteiger partial charge in [-0.3, -0.25) is 13.9 Å². The van der Waals surface area contributed by atoms with Crippen molar-refractivity contribution in [3.8, 4) is 6.07 Å². The highest BCUT2D eigenvalue weighted by molar-refractivity contribution is 5.51. The zero-order chi connectivity index (χ0) is 14.9. The van der Waals surface area contributed by atoms with E-state index in [1.165, 1.54) is 18.0 Å². The standard InChI is InChI=1S/C14H20N4O2/c1-9-5-4-6-10(7-9)16-12-11(8-15)13(19)18(3)14(20)17(12)2/h9-10,16H,4-7H2,1-3H3/t9-,10+/m1/s1. The molecule has 0 amide bonds. The van der Waals surface area contributed by atoms with Gasteiger partial charge in [0, 0.05) is 20.1 Å². The number of rotatable bonds is 2. The largest absolute Gasteiger partial charge is 0.367 e. The van der Waals surface area contributed by atoms with Crippen LogP contribution in [0.2, 0.25) is 0 Å². The van der Waals surface area contributed by atoms with Crippen molar-refractivity contribution < 1.29 is 0 Å². The average Bonchev–Trinajstić information content (AvgIpc) is 2.43. The third kappa shape index (κ3) is 2.48. The van der Waals surface area contributed by atoms with E-state index >= 15 is 0 Å². The molecule has 1 N–H and O–H groups in total. The Hall–Kier alpha value is -2.03. The van der Waals surface area contributed by atoms with Gasteiger partial charge in [0.2, 0.25) is 0 Å². The Bertz CT molecular complexity index is 665. The first-order valence-corrected chi connectivity index (χ1v) is 6.92. The predicted octanol–water partition coefficient (Wildman–Crippen LogP) is 0.946. The van der Waals surface area contributed by atoms with E-state index in [9.17, 15) is 14.9 Å². The number of anilines is 1. The van der Waals surface area contributed by atoms with Gasteiger partial charge in [0.05, 0.1) is 0 Å². The Balaban J connectivity index is 2.44. The zero-order valence-corrected chi connectivity index (χ0v) is 12.1. The summed E-state index contributed by atoms with van der Waals surface area (Å²) in [5.74, 6) is 0.968. The Labute approximate surface area is 117 Å². The van der Waals surface area contributed by atoms with Gasteiger partial charge >= 0.3 is 5.69 Å². The molecule has 108 valence electrons. The molecule has 2 atom stereocenters. The van der Waals surface area contributed by atoms with Crippen LogP contribution >= 0.6 is 0 Å². The molecule has 6 heteroatoms. The van der Waals surface area contributed by atoms with E-state index in [-0.39, 0.29) is 11.6 Å². The maximum Gasteiger partial charge on any atom is 0.332 e. The lowest BCUT2D eigenvalue weighted by molar-refractivity contribution is 0.357. The van der Waals surface area contributed by atoms with Crippen LogP contribution in [0.5, 0.6) is 0 Å². The second-order valence-electron chi connectivity index (χ2n) is 5.65. The van der Waals surface area contributed by atoms with Gasteiger partial charge in [0.25, 0.3) is 5.56 Å². The lowest BCUT2D eigenvalue weighted by Crippen LogP contribution is -2.41. The third-order valence-electron chi connectivity index (χ3n) is 4.05. The van der Waals surface area contributed by atoms with Crippen molar-refractivity contribution in [2.45, 2.75) is 38.6 Å². The minimum atomic E-state index is -0.540. The number of nitriles is 1. The van der Waals surface area contributed by atoms with Gasteiger partial charge in [0.15, 0.2) is 5.56 Å². The molecule has 1 aliphatic carbocycles. The third-order valence-corrected chi connectivity index (χ3v) is 4.05. The van der Waals surface area contributed by atoms with Crippen LogP contribution in [-0.2, 0) is 14.1 Å². The minimum absolute atomic E-state index is 0.00725. The average molecular weight is 276 g/mol. The van der Waals surface area contributed by atoms with Crippen molar-refractivity contribution in [2.24, 2.45) is 20.0 Å². The minimum Gasteiger partial charge on any atom is -0.367 e. The molecule has 2 rings (SSSR count). The normalized spacial score (nSPS) is 22.3. The summed E-state index contributed by atoms with van der Waals surface area (Å²) >= 11 is 0. The number of aromatic nitrogens is 2. The van der Waals surface area contributed by atoms with Crippen LogP contribution < -0.4 is 16.6 Å². The van der Waals surface area contributed by atoms with Crippen molar-refractivity contribution >= 4 is 5.82 Å². The van der Waals surface area contributed by atoms with Gasteiger partial charge < -0.3 is 5.32 Å². The Morgan fingerprint density at radius 3 is 2.55 bits per heavy atom. The zero-order valence-electron chi connectivity index (χ0n) is 12.1. The number of nitrogens with zero attached hydrogens (tertiary/aromatic N) is 3. The molecule has 1 aliphatic rings. The van der Waals surface area contributed by atoms with Crippen LogP contribution in [0.25, 0.3) is 0 Å². The summed E-state index contributed by atoms with van der Waals surface area (Å²) in [6, 6.07) is 2.13. The van der Waals surface area contributed by atoms with Crippen molar-refractivity contribution in [3.05, 3.63) is 26.4 Å². The molecule has 1 saturated carbocycles. The lowest BCUT2D eigenvalue weighted by Gasteiger charge is -2.29. The molecular formula is C14H20N4O2. The molecule has 0 saturated heterocycles. The molecule has 0 radical (unpaired) electrons. The maximum absolute atomic E-state index is 12.0. The van der Waals surface area contributed by atoms with E-state index in [1.54, 1.807) is 7.05 Å². The fourth-order valence-electron chi connectivity index (χ4n) is 2.87. The molecule has 0 bridgehead atoms. The Morgan fingerprint density at radius 1 is 1.25 bits per heavy atom. The lowest BCUT2D eigenvalue weighted by atomic mass is 9.87. The van der Waals surface area contributed by atoms with Crippen LogP contribution in [0.1, 0.15) is 38.2 Å². The van der Waals surface area contributed by atoms with Crippen LogP contribution in [0.4, 0.5) is 5.82 Å². The highest BCUT2D eigenvalue weighted by Gasteiger charge is 2.22. The molecule has 1 fully saturated rings. The van der Waals surface area contributed by atoms with Gasteiger partial charge in [-0.05, 0) is 18.8 Å². The molecule has 1 aromatic rings. The van der Waals surface area contributed by atoms with Crippen molar-refractivity contribution in [1.82, 2.24) is 9.13 Å². The summed E-state index contributed by atoms with van der Waals surface area (Å²) in [7, 11) is 2.97. The fourth-order valence-corrected chi connectivity index (χ4v) is 2.87. The number of hydrogen-bond acceptors (Lipinski definition) is 4. The molecule has 6 nitrogen and oxygen atoms in total. The first-order valence-electron chi connectivity index (χ1n) is 6.92. The molecule has 1 heterocycles. The van der Waals surface area contributed by atoms with Crippen LogP contribution in [-0.4, -0.2) is 15.2 Å². The van der Waals surface area contributed by atoms with Crippen LogP contribution in [0.15, 0.2) is 9.59 Å². The van der Waals surface area contributed by atoms with E-state index in [2.05, 4.69) is 12.2 Å². The maximum atomic E-state index is 12.0. The summed E-state index contributed by atoms with van der Waals surface area (Å²) in [6.45, 7) is 2.20.